The molecule has 1 spiro atoms. The lowest BCUT2D eigenvalue weighted by Crippen LogP contribution is -2.48. The highest BCUT2D eigenvalue weighted by molar-refractivity contribution is 9.10. The molecule has 0 radical (unpaired) electrons. The lowest BCUT2D eigenvalue weighted by Gasteiger charge is -2.41. The maximum Gasteiger partial charge on any atom is 0.321 e. The molecule has 0 bridgehead atoms. The first kappa shape index (κ1) is 23.9. The molecular weight excluding hydrogens is 514 g/mol. The van der Waals surface area contributed by atoms with Crippen molar-refractivity contribution in [1.82, 2.24) is 9.80 Å². The van der Waals surface area contributed by atoms with E-state index in [4.69, 9.17) is 11.6 Å². The number of rotatable bonds is 4. The van der Waals surface area contributed by atoms with Crippen molar-refractivity contribution in [1.29, 1.82) is 0 Å². The number of nitrogens with one attached hydrogen (secondary N) is 1. The highest BCUT2D eigenvalue weighted by atomic mass is 79.9. The fourth-order valence-corrected chi connectivity index (χ4v) is 6.18. The van der Waals surface area contributed by atoms with E-state index in [0.29, 0.717) is 23.8 Å². The van der Waals surface area contributed by atoms with Crippen LogP contribution in [0.15, 0.2) is 53.0 Å². The van der Waals surface area contributed by atoms with Gasteiger partial charge in [-0.3, -0.25) is 0 Å². The van der Waals surface area contributed by atoms with E-state index in [1.165, 1.54) is 11.1 Å². The van der Waals surface area contributed by atoms with E-state index in [1.54, 1.807) is 18.2 Å². The molecule has 2 aliphatic heterocycles. The predicted molar refractivity (Wildman–Crippen MR) is 141 cm³/mol. The molecule has 5 nitrogen and oxygen atoms in total. The van der Waals surface area contributed by atoms with E-state index >= 15 is 0 Å². The zero-order valence-corrected chi connectivity index (χ0v) is 21.6. The number of likely N-dealkylation sites (tertiary alicyclic amines) is 2. The number of urea groups is 1. The average Bonchev–Trinajstić information content (AvgIpc) is 3.21. The van der Waals surface area contributed by atoms with Crippen molar-refractivity contribution in [3.63, 3.8) is 0 Å². The van der Waals surface area contributed by atoms with Crippen molar-refractivity contribution in [2.45, 2.75) is 37.2 Å². The Morgan fingerprint density at radius 1 is 1.15 bits per heavy atom. The summed E-state index contributed by atoms with van der Waals surface area (Å²) < 4.78 is 0.755. The largest absolute Gasteiger partial charge is 0.392 e. The van der Waals surface area contributed by atoms with Crippen molar-refractivity contribution >= 4 is 45.3 Å². The molecule has 1 atom stereocenters. The normalized spacial score (nSPS) is 21.0. The van der Waals surface area contributed by atoms with Gasteiger partial charge in [0.25, 0.3) is 0 Å². The van der Waals surface area contributed by atoms with Gasteiger partial charge in [-0.1, -0.05) is 48.0 Å². The molecule has 5 rings (SSSR count). The van der Waals surface area contributed by atoms with Crippen molar-refractivity contribution in [3.05, 3.63) is 69.2 Å². The van der Waals surface area contributed by atoms with E-state index in [-0.39, 0.29) is 23.5 Å². The van der Waals surface area contributed by atoms with E-state index in [1.807, 2.05) is 4.90 Å². The van der Waals surface area contributed by atoms with Crippen LogP contribution >= 0.6 is 27.5 Å². The number of carbonyl (C=O) groups is 1. The van der Waals surface area contributed by atoms with Gasteiger partial charge in [0.05, 0.1) is 11.1 Å². The summed E-state index contributed by atoms with van der Waals surface area (Å²) in [5.74, 6) is 0.233. The summed E-state index contributed by atoms with van der Waals surface area (Å²) in [7, 11) is 0. The highest BCUT2D eigenvalue weighted by Gasteiger charge is 2.38. The number of hydrogen-bond donors (Lipinski definition) is 2. The van der Waals surface area contributed by atoms with Crippen LogP contribution in [0, 0.1) is 5.92 Å². The summed E-state index contributed by atoms with van der Waals surface area (Å²) in [6.45, 7) is 4.05. The van der Waals surface area contributed by atoms with Gasteiger partial charge in [0.15, 0.2) is 0 Å². The van der Waals surface area contributed by atoms with Gasteiger partial charge in [0.2, 0.25) is 0 Å². The number of halogens is 2. The first-order chi connectivity index (χ1) is 16.4. The van der Waals surface area contributed by atoms with Crippen LogP contribution in [-0.4, -0.2) is 59.8 Å². The topological polar surface area (TPSA) is 55.8 Å². The van der Waals surface area contributed by atoms with Crippen molar-refractivity contribution in [2.24, 2.45) is 5.92 Å². The van der Waals surface area contributed by atoms with Gasteiger partial charge in [-0.25, -0.2) is 4.79 Å². The number of fused-ring (bicyclic) bond motifs is 2. The van der Waals surface area contributed by atoms with Crippen molar-refractivity contribution in [3.8, 4) is 0 Å². The number of allylic oxidation sites excluding steroid dienone is 1. The number of aliphatic hydroxyl groups excluding tert-OH is 1. The Bertz CT molecular complexity index is 1080. The molecular formula is C27H31BrClN3O2. The van der Waals surface area contributed by atoms with Gasteiger partial charge in [-0.15, -0.1) is 0 Å². The third kappa shape index (κ3) is 4.92. The fraction of sp³-hybridized carbons (Fsp3) is 0.444. The number of hydrogen-bond acceptors (Lipinski definition) is 3. The predicted octanol–water partition coefficient (Wildman–Crippen LogP) is 5.77. The van der Waals surface area contributed by atoms with Crippen LogP contribution in [0.5, 0.6) is 0 Å². The Kier molecular flexibility index (Phi) is 7.03. The van der Waals surface area contributed by atoms with Gasteiger partial charge >= 0.3 is 6.03 Å². The molecule has 180 valence electrons. The van der Waals surface area contributed by atoms with E-state index in [9.17, 15) is 9.90 Å². The van der Waals surface area contributed by atoms with Gasteiger partial charge in [0.1, 0.15) is 0 Å². The Morgan fingerprint density at radius 2 is 1.88 bits per heavy atom. The molecule has 2 N–H and O–H groups in total. The molecule has 0 aromatic heterocycles. The van der Waals surface area contributed by atoms with Crippen LogP contribution in [0.2, 0.25) is 5.02 Å². The smallest absolute Gasteiger partial charge is 0.321 e. The van der Waals surface area contributed by atoms with Crippen LogP contribution in [0.25, 0.3) is 6.08 Å². The lowest BCUT2D eigenvalue weighted by atomic mass is 9.74. The molecule has 2 aromatic carbocycles. The van der Waals surface area contributed by atoms with E-state index in [0.717, 1.165) is 49.8 Å². The maximum atomic E-state index is 12.7. The molecule has 1 unspecified atom stereocenters. The molecule has 2 saturated heterocycles. The summed E-state index contributed by atoms with van der Waals surface area (Å²) >= 11 is 9.42. The molecule has 34 heavy (non-hydrogen) atoms. The minimum atomic E-state index is -0.349. The summed E-state index contributed by atoms with van der Waals surface area (Å²) in [6, 6.07) is 14.0. The number of aliphatic hydroxyl groups is 1. The number of amides is 2. The molecule has 1 aliphatic carbocycles. The molecule has 2 aromatic rings. The maximum absolute atomic E-state index is 12.7. The summed E-state index contributed by atoms with van der Waals surface area (Å²) in [4.78, 5) is 16.9. The van der Waals surface area contributed by atoms with Crippen molar-refractivity contribution in [2.75, 3.05) is 38.0 Å². The Labute approximate surface area is 214 Å². The first-order valence-corrected chi connectivity index (χ1v) is 13.3. The van der Waals surface area contributed by atoms with E-state index in [2.05, 4.69) is 62.6 Å². The van der Waals surface area contributed by atoms with Crippen LogP contribution in [0.4, 0.5) is 10.5 Å². The van der Waals surface area contributed by atoms with Crippen LogP contribution in [-0.2, 0) is 5.41 Å². The zero-order valence-electron chi connectivity index (χ0n) is 19.2. The second-order valence-electron chi connectivity index (χ2n) is 9.83. The number of β-amino-alcohol motifs (C(OH)–C–C–N with tert-alkyl or cyclic N) is 1. The van der Waals surface area contributed by atoms with Crippen molar-refractivity contribution < 1.29 is 9.90 Å². The van der Waals surface area contributed by atoms with Gasteiger partial charge < -0.3 is 20.2 Å². The molecule has 2 amide bonds. The number of anilines is 1. The third-order valence-corrected chi connectivity index (χ3v) is 9.03. The van der Waals surface area contributed by atoms with Crippen LogP contribution in [0.3, 0.4) is 0 Å². The fourth-order valence-electron chi connectivity index (χ4n) is 5.68. The second-order valence-corrected chi connectivity index (χ2v) is 11.1. The molecule has 7 heteroatoms. The minimum Gasteiger partial charge on any atom is -0.392 e. The zero-order chi connectivity index (χ0) is 23.7. The first-order valence-electron chi connectivity index (χ1n) is 12.1. The van der Waals surface area contributed by atoms with Crippen LogP contribution < -0.4 is 5.32 Å². The lowest BCUT2D eigenvalue weighted by molar-refractivity contribution is 0.0284. The summed E-state index contributed by atoms with van der Waals surface area (Å²) in [5.41, 5.74) is 3.71. The Morgan fingerprint density at radius 3 is 2.62 bits per heavy atom. The number of nitrogens with zero attached hydrogens (tertiary/aromatic N) is 2. The molecule has 2 fully saturated rings. The molecule has 2 heterocycles. The standard InChI is InChI=1S/C27H31BrClN3O2/c28-23-17-21(5-6-24(23)29)30-26(34)32-13-8-20(9-14-32)25(33)18-31-15-11-27(12-16-31)10-7-19-3-1-2-4-22(19)27/h1-7,10,17,20,25,33H,8-9,11-16,18H2,(H,30,34). The van der Waals surface area contributed by atoms with Gasteiger partial charge in [-0.05, 0) is 89.9 Å². The summed E-state index contributed by atoms with van der Waals surface area (Å²) in [5, 5.41) is 14.5. The SMILES string of the molecule is O=C(Nc1ccc(Cl)c(Br)c1)N1CCC(C(O)CN2CCC3(C=Cc4ccccc43)CC2)CC1. The summed E-state index contributed by atoms with van der Waals surface area (Å²) in [6.07, 6.45) is 8.18. The van der Waals surface area contributed by atoms with Gasteiger partial charge in [0, 0.05) is 35.2 Å². The van der Waals surface area contributed by atoms with Gasteiger partial charge in [-0.2, -0.15) is 0 Å². The number of piperidine rings is 2. The molecule has 0 saturated carbocycles. The number of carbonyl (C=O) groups excluding carboxylic acids is 1. The molecule has 3 aliphatic rings. The minimum absolute atomic E-state index is 0.103. The Hall–Kier alpha value is -1.86. The highest BCUT2D eigenvalue weighted by Crippen LogP contribution is 2.43. The average molecular weight is 545 g/mol. The monoisotopic (exact) mass is 543 g/mol. The Balaban J connectivity index is 1.08. The van der Waals surface area contributed by atoms with Crippen LogP contribution in [0.1, 0.15) is 36.8 Å². The third-order valence-electron chi connectivity index (χ3n) is 7.81. The quantitative estimate of drug-likeness (QED) is 0.514. The second kappa shape index (κ2) is 10.0. The van der Waals surface area contributed by atoms with E-state index < -0.39 is 0 Å². The number of benzene rings is 2.